The number of anilines is 1. The lowest BCUT2D eigenvalue weighted by Crippen LogP contribution is -2.67. The summed E-state index contributed by atoms with van der Waals surface area (Å²) in [7, 11) is -1.01. The van der Waals surface area contributed by atoms with Gasteiger partial charge in [0.05, 0.1) is 29.2 Å². The first kappa shape index (κ1) is 49.0. The van der Waals surface area contributed by atoms with Crippen LogP contribution < -0.4 is 19.1 Å². The van der Waals surface area contributed by atoms with Crippen LogP contribution in [0.1, 0.15) is 100.0 Å². The third kappa shape index (κ3) is 8.51. The summed E-state index contributed by atoms with van der Waals surface area (Å²) in [4.78, 5) is 33.4. The third-order valence-corrected chi connectivity index (χ3v) is 21.6. The molecule has 5 aliphatic heterocycles. The first-order valence-electron chi connectivity index (χ1n) is 24.3. The van der Waals surface area contributed by atoms with E-state index in [0.29, 0.717) is 31.2 Å². The molecule has 4 fully saturated rings. The highest BCUT2D eigenvalue weighted by Crippen LogP contribution is 2.49. The zero-order chi connectivity index (χ0) is 49.5. The van der Waals surface area contributed by atoms with Crippen LogP contribution in [-0.4, -0.2) is 127 Å². The first-order chi connectivity index (χ1) is 32.7. The van der Waals surface area contributed by atoms with Crippen molar-refractivity contribution in [3.63, 3.8) is 0 Å². The van der Waals surface area contributed by atoms with E-state index in [1.165, 1.54) is 24.1 Å². The van der Waals surface area contributed by atoms with Crippen LogP contribution in [0.4, 0.5) is 32.6 Å². The van der Waals surface area contributed by atoms with Gasteiger partial charge in [-0.15, -0.1) is 5.54 Å². The molecule has 0 N–H and O–H groups in total. The van der Waals surface area contributed by atoms with E-state index in [2.05, 4.69) is 62.9 Å². The van der Waals surface area contributed by atoms with Crippen molar-refractivity contribution in [3.05, 3.63) is 41.5 Å². The second-order valence-corrected chi connectivity index (χ2v) is 27.0. The Morgan fingerprint density at radius 1 is 0.986 bits per heavy atom. The van der Waals surface area contributed by atoms with Crippen molar-refractivity contribution in [1.82, 2.24) is 24.8 Å². The molecule has 2 aromatic heterocycles. The van der Waals surface area contributed by atoms with Crippen LogP contribution in [0.25, 0.3) is 32.9 Å². The molecule has 6 atom stereocenters. The van der Waals surface area contributed by atoms with Crippen molar-refractivity contribution >= 4 is 41.7 Å². The van der Waals surface area contributed by atoms with Crippen molar-refractivity contribution in [1.29, 1.82) is 0 Å². The van der Waals surface area contributed by atoms with E-state index in [1.54, 1.807) is 37.8 Å². The maximum atomic E-state index is 18.3. The molecule has 0 saturated carbocycles. The summed E-state index contributed by atoms with van der Waals surface area (Å²) in [6, 6.07) is 3.26. The average Bonchev–Trinajstić information content (AvgIpc) is 3.89. The predicted octanol–water partition coefficient (Wildman–Crippen LogP) is 10.6. The van der Waals surface area contributed by atoms with Crippen LogP contribution >= 0.6 is 0 Å². The van der Waals surface area contributed by atoms with Crippen LogP contribution in [-0.2, 0) is 9.47 Å². The summed E-state index contributed by atoms with van der Waals surface area (Å²) in [5, 5.41) is 0.593. The van der Waals surface area contributed by atoms with E-state index in [0.717, 1.165) is 6.42 Å². The molecule has 0 spiro atoms. The Bertz CT molecular complexity index is 2690. The summed E-state index contributed by atoms with van der Waals surface area (Å²) in [6.45, 7) is 18.9. The summed E-state index contributed by atoms with van der Waals surface area (Å²) < 4.78 is 111. The lowest BCUT2D eigenvalue weighted by molar-refractivity contribution is -0.0371. The van der Waals surface area contributed by atoms with Gasteiger partial charge in [-0.1, -0.05) is 53.5 Å². The number of carbonyl (C=O) groups excluding carboxylic acids is 1. The Labute approximate surface area is 401 Å². The molecule has 2 bridgehead atoms. The molecular formula is C51H63F5N6O6Si. The molecule has 1 amide bonds. The molecule has 5 aliphatic rings. The monoisotopic (exact) mass is 978 g/mol. The zero-order valence-corrected chi connectivity index (χ0v) is 42.1. The maximum Gasteiger partial charge on any atom is 0.410 e. The molecule has 7 heterocycles. The van der Waals surface area contributed by atoms with Gasteiger partial charge >= 0.3 is 12.1 Å². The van der Waals surface area contributed by atoms with Crippen molar-refractivity contribution in [2.45, 2.75) is 159 Å². The van der Waals surface area contributed by atoms with E-state index < -0.39 is 79.5 Å². The molecule has 69 heavy (non-hydrogen) atoms. The molecule has 0 radical (unpaired) electrons. The second-order valence-electron chi connectivity index (χ2n) is 21.4. The van der Waals surface area contributed by atoms with Gasteiger partial charge in [0, 0.05) is 37.6 Å². The third-order valence-electron chi connectivity index (χ3n) is 15.3. The standard InChI is InChI=1S/C51H63F5N6O6Si/c1-27(2)69(28(3)4,29(5)6)19-16-34-36(53)14-12-30-20-33(66-26-64-10)21-35(38(30)34)41-40(54)42-39-46(59-48(58-42)65-25-51-17-11-18-60(51)23-31(52)22-51)61-24-32-13-15-37(62(32)49(63)68-50(7,8)9)43(61)44(45(55)56)67-47(39)57-41/h12,14,20-21,27-29,31-32,37,43-45H,11,13,15,17-18,22-26H2,1-10H3/t31-,32-,37+,43+,44+,51+/m1/s1. The highest BCUT2D eigenvalue weighted by atomic mass is 28.3. The predicted molar refractivity (Wildman–Crippen MR) is 256 cm³/mol. The van der Waals surface area contributed by atoms with Gasteiger partial charge in [0.15, 0.2) is 18.7 Å². The normalized spacial score (nSPS) is 24.5. The number of benzene rings is 2. The number of rotatable bonds is 11. The average molecular weight is 979 g/mol. The first-order valence-corrected chi connectivity index (χ1v) is 26.5. The van der Waals surface area contributed by atoms with Crippen molar-refractivity contribution in [2.24, 2.45) is 0 Å². The van der Waals surface area contributed by atoms with E-state index in [1.807, 2.05) is 0 Å². The van der Waals surface area contributed by atoms with Gasteiger partial charge in [0.1, 0.15) is 60.4 Å². The van der Waals surface area contributed by atoms with Crippen molar-refractivity contribution in [3.8, 4) is 40.4 Å². The zero-order valence-electron chi connectivity index (χ0n) is 41.1. The van der Waals surface area contributed by atoms with Gasteiger partial charge in [0.25, 0.3) is 6.43 Å². The number of nitrogens with zero attached hydrogens (tertiary/aromatic N) is 6. The van der Waals surface area contributed by atoms with Crippen LogP contribution in [0.2, 0.25) is 16.6 Å². The number of methoxy groups -OCH3 is 1. The van der Waals surface area contributed by atoms with Crippen LogP contribution in [0, 0.1) is 23.1 Å². The number of halogens is 5. The number of carbonyl (C=O) groups is 1. The van der Waals surface area contributed by atoms with E-state index in [9.17, 15) is 9.18 Å². The number of aromatic nitrogens is 3. The van der Waals surface area contributed by atoms with E-state index in [-0.39, 0.29) is 100 Å². The Morgan fingerprint density at radius 3 is 2.41 bits per heavy atom. The molecule has 2 aromatic carbocycles. The highest BCUT2D eigenvalue weighted by Gasteiger charge is 2.57. The number of alkyl halides is 3. The molecule has 18 heteroatoms. The summed E-state index contributed by atoms with van der Waals surface area (Å²) >= 11 is 0. The Balaban J connectivity index is 1.29. The minimum absolute atomic E-state index is 0.000800. The summed E-state index contributed by atoms with van der Waals surface area (Å²) in [5.74, 6) is 1.53. The quantitative estimate of drug-likeness (QED) is 0.0620. The van der Waals surface area contributed by atoms with E-state index in [4.69, 9.17) is 33.7 Å². The Morgan fingerprint density at radius 2 is 1.72 bits per heavy atom. The lowest BCUT2D eigenvalue weighted by atomic mass is 9.95. The van der Waals surface area contributed by atoms with E-state index >= 15 is 17.6 Å². The second kappa shape index (κ2) is 18.3. The minimum atomic E-state index is -3.13. The topological polar surface area (TPSA) is 112 Å². The maximum absolute atomic E-state index is 18.3. The molecule has 4 aromatic rings. The Kier molecular flexibility index (Phi) is 13.0. The molecule has 12 nitrogen and oxygen atoms in total. The Hall–Kier alpha value is -4.99. The molecule has 4 saturated heterocycles. The number of pyridine rings is 1. The number of amides is 1. The molecule has 0 unspecified atom stereocenters. The number of piperazine rings is 1. The molecular weight excluding hydrogens is 916 g/mol. The van der Waals surface area contributed by atoms with Crippen LogP contribution in [0.5, 0.6) is 17.6 Å². The minimum Gasteiger partial charge on any atom is -0.468 e. The van der Waals surface area contributed by atoms with Crippen molar-refractivity contribution < 1.29 is 50.4 Å². The fraction of sp³-hybridized carbons (Fsp3) is 0.608. The summed E-state index contributed by atoms with van der Waals surface area (Å²) in [5.41, 5.74) is 2.09. The highest BCUT2D eigenvalue weighted by molar-refractivity contribution is 6.90. The fourth-order valence-electron chi connectivity index (χ4n) is 12.4. The fourth-order valence-corrected chi connectivity index (χ4v) is 17.6. The number of hydrogen-bond donors (Lipinski definition) is 0. The van der Waals surface area contributed by atoms with Gasteiger partial charge in [-0.05, 0) is 93.2 Å². The van der Waals surface area contributed by atoms with Gasteiger partial charge in [-0.3, -0.25) is 9.80 Å². The molecule has 0 aliphatic carbocycles. The number of hydrogen-bond acceptors (Lipinski definition) is 11. The molecule has 9 rings (SSSR count). The summed E-state index contributed by atoms with van der Waals surface area (Å²) in [6.07, 6.45) is -4.13. The largest absolute Gasteiger partial charge is 0.468 e. The van der Waals surface area contributed by atoms with Gasteiger partial charge in [-0.2, -0.15) is 9.97 Å². The van der Waals surface area contributed by atoms with Crippen LogP contribution in [0.3, 0.4) is 0 Å². The van der Waals surface area contributed by atoms with Crippen LogP contribution in [0.15, 0.2) is 24.3 Å². The SMILES string of the molecule is COCOc1cc(-c2nc3c4c(nc(OC[C@@]56CCCN5C[C@H](F)C6)nc4c2F)N2C[C@H]4CC[C@@H]([C@H]2[C@@H](C(F)F)O3)N4C(=O)OC(C)(C)C)c2c(C#C[Si](C(C)C)(C(C)C)C(C)C)c(F)ccc2c1. The van der Waals surface area contributed by atoms with Gasteiger partial charge in [0.2, 0.25) is 5.88 Å². The van der Waals surface area contributed by atoms with Gasteiger partial charge < -0.3 is 28.6 Å². The van der Waals surface area contributed by atoms with Gasteiger partial charge in [-0.25, -0.2) is 31.7 Å². The lowest BCUT2D eigenvalue weighted by Gasteiger charge is -2.48. The van der Waals surface area contributed by atoms with Crippen molar-refractivity contribution in [2.75, 3.05) is 45.0 Å². The molecule has 372 valence electrons. The smallest absolute Gasteiger partial charge is 0.410 e. The number of ether oxygens (including phenoxy) is 5. The number of fused-ring (bicyclic) bond motifs is 7.